The minimum atomic E-state index is 0.806. The highest BCUT2D eigenvalue weighted by Crippen LogP contribution is 2.15. The van der Waals surface area contributed by atoms with E-state index in [-0.39, 0.29) is 0 Å². The van der Waals surface area contributed by atoms with E-state index in [1.54, 1.807) is 0 Å². The number of hydrogen-bond acceptors (Lipinski definition) is 6. The molecule has 22 heavy (non-hydrogen) atoms. The summed E-state index contributed by atoms with van der Waals surface area (Å²) >= 11 is 1.84. The Morgan fingerprint density at radius 2 is 1.82 bits per heavy atom. The van der Waals surface area contributed by atoms with Crippen molar-refractivity contribution in [2.24, 2.45) is 0 Å². The molecule has 0 amide bonds. The van der Waals surface area contributed by atoms with Crippen LogP contribution in [0.2, 0.25) is 0 Å². The summed E-state index contributed by atoms with van der Waals surface area (Å²) in [5, 5.41) is 3.45. The predicted molar refractivity (Wildman–Crippen MR) is 91.3 cm³/mol. The monoisotopic (exact) mass is 317 g/mol. The molecule has 0 aliphatic carbocycles. The van der Waals surface area contributed by atoms with E-state index in [2.05, 4.69) is 51.2 Å². The van der Waals surface area contributed by atoms with Crippen LogP contribution in [0.15, 0.2) is 24.5 Å². The van der Waals surface area contributed by atoms with Gasteiger partial charge in [-0.15, -0.1) is 11.3 Å². The third-order valence-electron chi connectivity index (χ3n) is 3.90. The minimum Gasteiger partial charge on any atom is -0.338 e. The topological polar surface area (TPSA) is 44.3 Å². The first-order chi connectivity index (χ1) is 10.7. The maximum absolute atomic E-state index is 4.52. The Bertz CT molecular complexity index is 587. The fourth-order valence-corrected chi connectivity index (χ4v) is 3.38. The number of anilines is 1. The van der Waals surface area contributed by atoms with Gasteiger partial charge in [-0.25, -0.2) is 9.97 Å². The van der Waals surface area contributed by atoms with Crippen molar-refractivity contribution in [3.8, 4) is 0 Å². The molecule has 1 saturated heterocycles. The van der Waals surface area contributed by atoms with Crippen molar-refractivity contribution in [2.45, 2.75) is 20.0 Å². The zero-order valence-electron chi connectivity index (χ0n) is 13.2. The molecule has 5 nitrogen and oxygen atoms in total. The van der Waals surface area contributed by atoms with Crippen molar-refractivity contribution in [3.05, 3.63) is 39.8 Å². The lowest BCUT2D eigenvalue weighted by Crippen LogP contribution is -2.45. The molecular weight excluding hydrogens is 294 g/mol. The van der Waals surface area contributed by atoms with Gasteiger partial charge in [-0.3, -0.25) is 0 Å². The molecule has 0 radical (unpaired) electrons. The van der Waals surface area contributed by atoms with E-state index in [1.807, 2.05) is 23.7 Å². The third-order valence-corrected chi connectivity index (χ3v) is 4.90. The van der Waals surface area contributed by atoms with Gasteiger partial charge in [0.15, 0.2) is 0 Å². The van der Waals surface area contributed by atoms with Gasteiger partial charge in [0.25, 0.3) is 0 Å². The third kappa shape index (κ3) is 4.03. The zero-order valence-corrected chi connectivity index (χ0v) is 14.1. The standard InChI is InChI=1S/C16H23N5S/c1-13-3-4-15(22-13)12-17-9-14-10-18-16(19-11-14)21-7-5-20(2)6-8-21/h3-4,10-11,17H,5-9,12H2,1-2H3. The smallest absolute Gasteiger partial charge is 0.225 e. The van der Waals surface area contributed by atoms with Gasteiger partial charge in [0, 0.05) is 67.0 Å². The van der Waals surface area contributed by atoms with Crippen LogP contribution in [0.3, 0.4) is 0 Å². The molecule has 3 rings (SSSR count). The van der Waals surface area contributed by atoms with Gasteiger partial charge in [0.05, 0.1) is 0 Å². The Morgan fingerprint density at radius 1 is 1.09 bits per heavy atom. The number of hydrogen-bond donors (Lipinski definition) is 1. The average molecular weight is 317 g/mol. The van der Waals surface area contributed by atoms with Gasteiger partial charge in [0.2, 0.25) is 5.95 Å². The van der Waals surface area contributed by atoms with Crippen LogP contribution < -0.4 is 10.2 Å². The summed E-state index contributed by atoms with van der Waals surface area (Å²) in [7, 11) is 2.15. The Morgan fingerprint density at radius 3 is 2.45 bits per heavy atom. The highest BCUT2D eigenvalue weighted by atomic mass is 32.1. The SMILES string of the molecule is Cc1ccc(CNCc2cnc(N3CCN(C)CC3)nc2)s1. The van der Waals surface area contributed by atoms with Gasteiger partial charge < -0.3 is 15.1 Å². The molecular formula is C16H23N5S. The summed E-state index contributed by atoms with van der Waals surface area (Å²) in [6.07, 6.45) is 3.88. The van der Waals surface area contributed by atoms with Crippen LogP contribution in [0.1, 0.15) is 15.3 Å². The molecule has 2 aromatic rings. The van der Waals surface area contributed by atoms with Crippen molar-refractivity contribution in [3.63, 3.8) is 0 Å². The first kappa shape index (κ1) is 15.4. The van der Waals surface area contributed by atoms with E-state index in [1.165, 1.54) is 9.75 Å². The maximum atomic E-state index is 4.52. The number of thiophene rings is 1. The molecule has 118 valence electrons. The highest BCUT2D eigenvalue weighted by Gasteiger charge is 2.15. The van der Waals surface area contributed by atoms with E-state index < -0.39 is 0 Å². The fourth-order valence-electron chi connectivity index (χ4n) is 2.52. The average Bonchev–Trinajstić information content (AvgIpc) is 2.94. The second kappa shape index (κ2) is 7.17. The Kier molecular flexibility index (Phi) is 5.02. The number of rotatable bonds is 5. The second-order valence-corrected chi connectivity index (χ2v) is 7.17. The molecule has 1 fully saturated rings. The van der Waals surface area contributed by atoms with E-state index >= 15 is 0 Å². The van der Waals surface area contributed by atoms with Crippen molar-refractivity contribution in [2.75, 3.05) is 38.1 Å². The first-order valence-electron chi connectivity index (χ1n) is 7.71. The molecule has 0 unspecified atom stereocenters. The van der Waals surface area contributed by atoms with Gasteiger partial charge in [-0.2, -0.15) is 0 Å². The molecule has 0 spiro atoms. The van der Waals surface area contributed by atoms with Gasteiger partial charge >= 0.3 is 0 Å². The van der Waals surface area contributed by atoms with Crippen molar-refractivity contribution >= 4 is 17.3 Å². The lowest BCUT2D eigenvalue weighted by Gasteiger charge is -2.32. The summed E-state index contributed by atoms with van der Waals surface area (Å²) in [5.41, 5.74) is 1.13. The maximum Gasteiger partial charge on any atom is 0.225 e. The summed E-state index contributed by atoms with van der Waals surface area (Å²) in [4.78, 5) is 16.3. The summed E-state index contributed by atoms with van der Waals surface area (Å²) < 4.78 is 0. The second-order valence-electron chi connectivity index (χ2n) is 5.80. The molecule has 1 N–H and O–H groups in total. The Balaban J connectivity index is 1.49. The Hall–Kier alpha value is -1.50. The number of aromatic nitrogens is 2. The molecule has 6 heteroatoms. The van der Waals surface area contributed by atoms with Crippen LogP contribution in [-0.2, 0) is 13.1 Å². The molecule has 1 aliphatic rings. The van der Waals surface area contributed by atoms with Gasteiger partial charge in [-0.05, 0) is 26.1 Å². The summed E-state index contributed by atoms with van der Waals surface area (Å²) in [6.45, 7) is 8.01. The summed E-state index contributed by atoms with van der Waals surface area (Å²) in [6, 6.07) is 4.34. The van der Waals surface area contributed by atoms with Crippen molar-refractivity contribution in [1.82, 2.24) is 20.2 Å². The van der Waals surface area contributed by atoms with Gasteiger partial charge in [0.1, 0.15) is 0 Å². The van der Waals surface area contributed by atoms with E-state index in [9.17, 15) is 0 Å². The molecule has 0 saturated carbocycles. The largest absolute Gasteiger partial charge is 0.338 e. The van der Waals surface area contributed by atoms with Crippen LogP contribution in [-0.4, -0.2) is 48.1 Å². The van der Waals surface area contributed by atoms with E-state index in [0.29, 0.717) is 0 Å². The van der Waals surface area contributed by atoms with Gasteiger partial charge in [-0.1, -0.05) is 0 Å². The van der Waals surface area contributed by atoms with Crippen LogP contribution in [0.25, 0.3) is 0 Å². The normalized spacial score (nSPS) is 16.2. The van der Waals surface area contributed by atoms with Crippen LogP contribution in [0.4, 0.5) is 5.95 Å². The van der Waals surface area contributed by atoms with E-state index in [0.717, 1.165) is 50.8 Å². The number of nitrogens with one attached hydrogen (secondary N) is 1. The lowest BCUT2D eigenvalue weighted by atomic mass is 10.3. The molecule has 0 atom stereocenters. The van der Waals surface area contributed by atoms with Crippen molar-refractivity contribution < 1.29 is 0 Å². The van der Waals surface area contributed by atoms with Crippen LogP contribution in [0, 0.1) is 6.92 Å². The molecule has 3 heterocycles. The lowest BCUT2D eigenvalue weighted by molar-refractivity contribution is 0.311. The number of likely N-dealkylation sites (N-methyl/N-ethyl adjacent to an activating group) is 1. The molecule has 1 aliphatic heterocycles. The summed E-state index contributed by atoms with van der Waals surface area (Å²) in [5.74, 6) is 0.853. The van der Waals surface area contributed by atoms with Crippen molar-refractivity contribution in [1.29, 1.82) is 0 Å². The fraction of sp³-hybridized carbons (Fsp3) is 0.500. The van der Waals surface area contributed by atoms with Crippen LogP contribution in [0.5, 0.6) is 0 Å². The first-order valence-corrected chi connectivity index (χ1v) is 8.53. The number of nitrogens with zero attached hydrogens (tertiary/aromatic N) is 4. The predicted octanol–water partition coefficient (Wildman–Crippen LogP) is 1.89. The number of piperazine rings is 1. The Labute approximate surface area is 136 Å². The van der Waals surface area contributed by atoms with Crippen LogP contribution >= 0.6 is 11.3 Å². The molecule has 2 aromatic heterocycles. The highest BCUT2D eigenvalue weighted by molar-refractivity contribution is 7.11. The number of aryl methyl sites for hydroxylation is 1. The molecule has 0 bridgehead atoms. The zero-order chi connectivity index (χ0) is 15.4. The quantitative estimate of drug-likeness (QED) is 0.912. The molecule has 0 aromatic carbocycles. The van der Waals surface area contributed by atoms with E-state index in [4.69, 9.17) is 0 Å². The minimum absolute atomic E-state index is 0.806.